The number of aryl methyl sites for hydroxylation is 2. The molecule has 122 valence electrons. The first-order valence-corrected chi connectivity index (χ1v) is 9.13. The largest absolute Gasteiger partial charge is 0.390 e. The van der Waals surface area contributed by atoms with Crippen molar-refractivity contribution >= 4 is 33.8 Å². The summed E-state index contributed by atoms with van der Waals surface area (Å²) in [7, 11) is 0. The highest BCUT2D eigenvalue weighted by Gasteiger charge is 2.25. The Labute approximate surface area is 145 Å². The van der Waals surface area contributed by atoms with Crippen molar-refractivity contribution in [3.63, 3.8) is 0 Å². The lowest BCUT2D eigenvalue weighted by Gasteiger charge is -2.14. The second-order valence-electron chi connectivity index (χ2n) is 6.19. The molecule has 1 saturated carbocycles. The van der Waals surface area contributed by atoms with Gasteiger partial charge in [-0.25, -0.2) is 0 Å². The first-order valence-electron chi connectivity index (χ1n) is 7.93. The Morgan fingerprint density at radius 3 is 2.65 bits per heavy atom. The number of carbonyl (C=O) groups excluding carboxylic acids is 1. The fourth-order valence-corrected chi connectivity index (χ4v) is 4.33. The molecular weight excluding hydrogens is 328 g/mol. The highest BCUT2D eigenvalue weighted by molar-refractivity contribution is 7.16. The second-order valence-corrected chi connectivity index (χ2v) is 7.85. The molecule has 0 bridgehead atoms. The van der Waals surface area contributed by atoms with Crippen molar-refractivity contribution < 1.29 is 4.79 Å². The highest BCUT2D eigenvalue weighted by Crippen LogP contribution is 2.39. The van der Waals surface area contributed by atoms with Gasteiger partial charge in [0.05, 0.1) is 10.6 Å². The van der Waals surface area contributed by atoms with Crippen LogP contribution in [0.1, 0.15) is 46.5 Å². The summed E-state index contributed by atoms with van der Waals surface area (Å²) < 4.78 is 0. The van der Waals surface area contributed by atoms with Gasteiger partial charge in [-0.15, -0.1) is 11.3 Å². The van der Waals surface area contributed by atoms with Gasteiger partial charge in [-0.2, -0.15) is 0 Å². The minimum Gasteiger partial charge on any atom is -0.390 e. The summed E-state index contributed by atoms with van der Waals surface area (Å²) in [6.07, 6.45) is 4.49. The second kappa shape index (κ2) is 6.54. The molecule has 0 atom stereocenters. The number of nitrogens with one attached hydrogen (secondary N) is 1. The Kier molecular flexibility index (Phi) is 4.64. The molecular formula is C18H21ClN2OS. The maximum absolute atomic E-state index is 12.8. The van der Waals surface area contributed by atoms with Gasteiger partial charge in [0.25, 0.3) is 5.91 Å². The Bertz CT molecular complexity index is 748. The van der Waals surface area contributed by atoms with Crippen molar-refractivity contribution in [2.24, 2.45) is 0 Å². The van der Waals surface area contributed by atoms with Crippen LogP contribution in [0, 0.1) is 13.8 Å². The molecule has 3 N–H and O–H groups in total. The van der Waals surface area contributed by atoms with Crippen LogP contribution in [0.4, 0.5) is 5.00 Å². The maximum Gasteiger partial charge on any atom is 0.255 e. The van der Waals surface area contributed by atoms with E-state index in [1.165, 1.54) is 24.2 Å². The summed E-state index contributed by atoms with van der Waals surface area (Å²) in [5.41, 5.74) is 9.69. The number of benzene rings is 1. The SMILES string of the molecule is Cc1cc(-c2c(C)sc(N)c2C(=O)NC2CCCC2)ccc1Cl. The van der Waals surface area contributed by atoms with Crippen molar-refractivity contribution in [3.8, 4) is 11.1 Å². The van der Waals surface area contributed by atoms with Crippen molar-refractivity contribution in [2.45, 2.75) is 45.6 Å². The Balaban J connectivity index is 1.99. The monoisotopic (exact) mass is 348 g/mol. The molecule has 1 fully saturated rings. The fraction of sp³-hybridized carbons (Fsp3) is 0.389. The number of nitrogen functional groups attached to an aromatic ring is 1. The topological polar surface area (TPSA) is 55.1 Å². The van der Waals surface area contributed by atoms with Crippen molar-refractivity contribution in [1.82, 2.24) is 5.32 Å². The van der Waals surface area contributed by atoms with E-state index < -0.39 is 0 Å². The molecule has 23 heavy (non-hydrogen) atoms. The molecule has 1 heterocycles. The van der Waals surface area contributed by atoms with E-state index in [1.807, 2.05) is 32.0 Å². The van der Waals surface area contributed by atoms with Gasteiger partial charge in [-0.3, -0.25) is 4.79 Å². The molecule has 1 aromatic heterocycles. The van der Waals surface area contributed by atoms with Gasteiger partial charge in [0.2, 0.25) is 0 Å². The van der Waals surface area contributed by atoms with Gasteiger partial charge in [-0.05, 0) is 49.9 Å². The number of thiophene rings is 1. The summed E-state index contributed by atoms with van der Waals surface area (Å²) in [6.45, 7) is 3.97. The summed E-state index contributed by atoms with van der Waals surface area (Å²) >= 11 is 7.60. The van der Waals surface area contributed by atoms with E-state index in [0.29, 0.717) is 10.6 Å². The normalized spacial score (nSPS) is 15.1. The molecule has 2 aromatic rings. The number of amides is 1. The Hall–Kier alpha value is -1.52. The third-order valence-electron chi connectivity index (χ3n) is 4.48. The summed E-state index contributed by atoms with van der Waals surface area (Å²) in [5, 5.41) is 4.46. The average molecular weight is 349 g/mol. The van der Waals surface area contributed by atoms with Crippen molar-refractivity contribution in [2.75, 3.05) is 5.73 Å². The zero-order valence-electron chi connectivity index (χ0n) is 13.4. The maximum atomic E-state index is 12.8. The number of nitrogens with two attached hydrogens (primary N) is 1. The molecule has 0 spiro atoms. The first-order chi connectivity index (χ1) is 11.0. The molecule has 0 unspecified atom stereocenters. The molecule has 1 amide bonds. The third kappa shape index (κ3) is 3.24. The van der Waals surface area contributed by atoms with E-state index in [9.17, 15) is 4.79 Å². The zero-order valence-corrected chi connectivity index (χ0v) is 15.0. The van der Waals surface area contributed by atoms with Crippen molar-refractivity contribution in [3.05, 3.63) is 39.2 Å². The summed E-state index contributed by atoms with van der Waals surface area (Å²) in [4.78, 5) is 13.8. The van der Waals surface area contributed by atoms with Crippen LogP contribution < -0.4 is 11.1 Å². The van der Waals surface area contributed by atoms with Crippen molar-refractivity contribution in [1.29, 1.82) is 0 Å². The first kappa shape index (κ1) is 16.3. The van der Waals surface area contributed by atoms with Crippen LogP contribution >= 0.6 is 22.9 Å². The van der Waals surface area contributed by atoms with Crippen LogP contribution in [-0.2, 0) is 0 Å². The van der Waals surface area contributed by atoms with Gasteiger partial charge in [0.15, 0.2) is 0 Å². The number of rotatable bonds is 3. The number of carbonyl (C=O) groups is 1. The van der Waals surface area contributed by atoms with Crippen LogP contribution in [-0.4, -0.2) is 11.9 Å². The van der Waals surface area contributed by atoms with Crippen LogP contribution in [0.5, 0.6) is 0 Å². The van der Waals surface area contributed by atoms with E-state index in [-0.39, 0.29) is 11.9 Å². The number of hydrogen-bond donors (Lipinski definition) is 2. The lowest BCUT2D eigenvalue weighted by atomic mass is 9.99. The zero-order chi connectivity index (χ0) is 16.6. The van der Waals surface area contributed by atoms with Gasteiger partial charge in [-0.1, -0.05) is 30.5 Å². The Morgan fingerprint density at radius 1 is 1.30 bits per heavy atom. The smallest absolute Gasteiger partial charge is 0.255 e. The summed E-state index contributed by atoms with van der Waals surface area (Å²) in [5.74, 6) is -0.0543. The minimum absolute atomic E-state index is 0.0543. The number of hydrogen-bond acceptors (Lipinski definition) is 3. The molecule has 5 heteroatoms. The lowest BCUT2D eigenvalue weighted by Crippen LogP contribution is -2.33. The molecule has 0 aliphatic heterocycles. The van der Waals surface area contributed by atoms with Gasteiger partial charge >= 0.3 is 0 Å². The minimum atomic E-state index is -0.0543. The highest BCUT2D eigenvalue weighted by atomic mass is 35.5. The molecule has 0 saturated heterocycles. The lowest BCUT2D eigenvalue weighted by molar-refractivity contribution is 0.0940. The molecule has 0 radical (unpaired) electrons. The average Bonchev–Trinajstić information content (AvgIpc) is 3.09. The standard InChI is InChI=1S/C18H21ClN2OS/c1-10-9-12(7-8-14(10)19)15-11(2)23-17(20)16(15)18(22)21-13-5-3-4-6-13/h7-9,13H,3-6,20H2,1-2H3,(H,21,22). The van der Waals surface area contributed by atoms with Gasteiger partial charge in [0, 0.05) is 21.5 Å². The number of halogens is 1. The molecule has 1 aliphatic carbocycles. The van der Waals surface area contributed by atoms with Gasteiger partial charge in [0.1, 0.15) is 0 Å². The van der Waals surface area contributed by atoms with E-state index in [2.05, 4.69) is 5.32 Å². The van der Waals surface area contributed by atoms with E-state index in [0.717, 1.165) is 39.4 Å². The molecule has 1 aromatic carbocycles. The summed E-state index contributed by atoms with van der Waals surface area (Å²) in [6, 6.07) is 6.12. The van der Waals surface area contributed by atoms with E-state index in [4.69, 9.17) is 17.3 Å². The van der Waals surface area contributed by atoms with Crippen LogP contribution in [0.25, 0.3) is 11.1 Å². The van der Waals surface area contributed by atoms with Crippen LogP contribution in [0.2, 0.25) is 5.02 Å². The van der Waals surface area contributed by atoms with Gasteiger partial charge < -0.3 is 11.1 Å². The van der Waals surface area contributed by atoms with Crippen LogP contribution in [0.15, 0.2) is 18.2 Å². The third-order valence-corrected chi connectivity index (χ3v) is 5.83. The predicted molar refractivity (Wildman–Crippen MR) is 98.4 cm³/mol. The number of anilines is 1. The van der Waals surface area contributed by atoms with E-state index >= 15 is 0 Å². The Morgan fingerprint density at radius 2 is 2.00 bits per heavy atom. The fourth-order valence-electron chi connectivity index (χ4n) is 3.27. The molecule has 3 nitrogen and oxygen atoms in total. The quantitative estimate of drug-likeness (QED) is 0.825. The molecule has 3 rings (SSSR count). The molecule has 1 aliphatic rings. The van der Waals surface area contributed by atoms with E-state index in [1.54, 1.807) is 0 Å². The predicted octanol–water partition coefficient (Wildman–Crippen LogP) is 4.94. The van der Waals surface area contributed by atoms with Crippen LogP contribution in [0.3, 0.4) is 0 Å².